The Hall–Kier alpha value is 0.140. The molecule has 2 atom stereocenters. The molecule has 0 radical (unpaired) electrons. The summed E-state index contributed by atoms with van der Waals surface area (Å²) in [6, 6.07) is 0. The summed E-state index contributed by atoms with van der Waals surface area (Å²) in [5.41, 5.74) is 0. The van der Waals surface area contributed by atoms with E-state index in [2.05, 4.69) is 13.8 Å². The molecule has 3 N–H and O–H groups in total. The van der Waals surface area contributed by atoms with E-state index in [1.54, 1.807) is 0 Å². The third kappa shape index (κ3) is 11.7. The molecule has 0 aromatic carbocycles. The molecule has 10 heteroatoms. The third-order valence-electron chi connectivity index (χ3n) is 5.43. The summed E-state index contributed by atoms with van der Waals surface area (Å²) in [6.07, 6.45) is 9.43. The van der Waals surface area contributed by atoms with Crippen LogP contribution in [0.3, 0.4) is 0 Å². The van der Waals surface area contributed by atoms with Crippen molar-refractivity contribution in [2.24, 2.45) is 5.92 Å². The van der Waals surface area contributed by atoms with E-state index < -0.39 is 32.7 Å². The van der Waals surface area contributed by atoms with Crippen LogP contribution in [0.1, 0.15) is 104 Å². The Morgan fingerprint density at radius 1 is 0.800 bits per heavy atom. The molecule has 0 spiro atoms. The van der Waals surface area contributed by atoms with Gasteiger partial charge in [-0.1, -0.05) is 90.9 Å². The van der Waals surface area contributed by atoms with Gasteiger partial charge in [-0.3, -0.25) is 14.1 Å². The molecule has 7 nitrogen and oxygen atoms in total. The van der Waals surface area contributed by atoms with E-state index in [4.69, 9.17) is 0 Å². The standard InChI is InChI=1S/C20H38O7S.ClH.Na/c1-3-5-7-9-11-13-15-17(18(21)22)20(19(23)24,28(25,26)27)16-14-12-10-8-6-4-2;;/h17H,3-16H2,1-2H3,(H,21,22)(H,23,24)(H,25,26,27);1H;/q;;+1/p-1. The second-order valence-corrected chi connectivity index (χ2v) is 9.31. The number of hydrogen-bond acceptors (Lipinski definition) is 4. The van der Waals surface area contributed by atoms with Gasteiger partial charge in [-0.15, -0.1) is 0 Å². The van der Waals surface area contributed by atoms with Crippen LogP contribution in [0.2, 0.25) is 0 Å². The van der Waals surface area contributed by atoms with Gasteiger partial charge in [0.1, 0.15) is 0 Å². The van der Waals surface area contributed by atoms with Crippen LogP contribution in [0.4, 0.5) is 0 Å². The second-order valence-electron chi connectivity index (χ2n) is 7.63. The predicted octanol–water partition coefficient (Wildman–Crippen LogP) is -1.09. The normalized spacial score (nSPS) is 14.1. The van der Waals surface area contributed by atoms with Gasteiger partial charge in [0.25, 0.3) is 10.1 Å². The van der Waals surface area contributed by atoms with E-state index in [9.17, 15) is 32.8 Å². The average molecular weight is 481 g/mol. The van der Waals surface area contributed by atoms with Crippen molar-refractivity contribution < 1.29 is 74.7 Å². The van der Waals surface area contributed by atoms with Crippen molar-refractivity contribution in [2.75, 3.05) is 0 Å². The molecule has 0 saturated heterocycles. The molecule has 0 fully saturated rings. The number of carboxylic acid groups (broad SMARTS) is 2. The summed E-state index contributed by atoms with van der Waals surface area (Å²) >= 11 is 0. The minimum Gasteiger partial charge on any atom is -1.00 e. The fourth-order valence-electron chi connectivity index (χ4n) is 3.70. The Morgan fingerprint density at radius 3 is 1.57 bits per heavy atom. The molecule has 30 heavy (non-hydrogen) atoms. The monoisotopic (exact) mass is 480 g/mol. The maximum atomic E-state index is 12.1. The van der Waals surface area contributed by atoms with E-state index in [0.717, 1.165) is 51.4 Å². The topological polar surface area (TPSA) is 129 Å². The Bertz CT molecular complexity index is 572. The molecule has 0 aromatic rings. The van der Waals surface area contributed by atoms with Crippen molar-refractivity contribution in [1.82, 2.24) is 0 Å². The first-order valence-corrected chi connectivity index (χ1v) is 12.0. The Balaban J connectivity index is -0.00000364. The number of carbonyl (C=O) groups is 2. The Morgan fingerprint density at radius 2 is 1.20 bits per heavy atom. The maximum absolute atomic E-state index is 12.1. The number of carboxylic acids is 2. The van der Waals surface area contributed by atoms with Crippen LogP contribution in [0.15, 0.2) is 0 Å². The number of unbranched alkanes of at least 4 members (excludes halogenated alkanes) is 10. The van der Waals surface area contributed by atoms with Crippen molar-refractivity contribution in [2.45, 2.75) is 108 Å². The van der Waals surface area contributed by atoms with Crippen molar-refractivity contribution in [3.05, 3.63) is 0 Å². The average Bonchev–Trinajstić information content (AvgIpc) is 2.60. The van der Waals surface area contributed by atoms with Gasteiger partial charge < -0.3 is 22.6 Å². The Kier molecular flexibility index (Phi) is 21.6. The quantitative estimate of drug-likeness (QED) is 0.129. The molecular formula is C20H38ClNaO7S. The van der Waals surface area contributed by atoms with Gasteiger partial charge in [-0.2, -0.15) is 8.42 Å². The van der Waals surface area contributed by atoms with Crippen LogP contribution < -0.4 is 42.0 Å². The molecule has 0 aliphatic carbocycles. The third-order valence-corrected chi connectivity index (χ3v) is 7.02. The zero-order chi connectivity index (χ0) is 21.6. The minimum atomic E-state index is -5.10. The maximum Gasteiger partial charge on any atom is 1.00 e. The molecule has 0 bridgehead atoms. The van der Waals surface area contributed by atoms with Crippen LogP contribution in [0.25, 0.3) is 0 Å². The van der Waals surface area contributed by atoms with Gasteiger partial charge in [0.05, 0.1) is 5.92 Å². The van der Waals surface area contributed by atoms with Crippen molar-refractivity contribution in [1.29, 1.82) is 0 Å². The molecule has 0 rings (SSSR count). The fourth-order valence-corrected chi connectivity index (χ4v) is 4.90. The van der Waals surface area contributed by atoms with E-state index in [0.29, 0.717) is 19.3 Å². The van der Waals surface area contributed by atoms with Gasteiger partial charge >= 0.3 is 41.5 Å². The number of rotatable bonds is 18. The van der Waals surface area contributed by atoms with Gasteiger partial charge in [-0.05, 0) is 12.8 Å². The second kappa shape index (κ2) is 18.7. The largest absolute Gasteiger partial charge is 1.00 e. The van der Waals surface area contributed by atoms with E-state index in [1.165, 1.54) is 0 Å². The van der Waals surface area contributed by atoms with Crippen LogP contribution in [-0.2, 0) is 19.7 Å². The number of hydrogen-bond donors (Lipinski definition) is 3. The molecule has 0 aliphatic rings. The van der Waals surface area contributed by atoms with Crippen LogP contribution in [0, 0.1) is 5.92 Å². The number of halogens is 1. The summed E-state index contributed by atoms with van der Waals surface area (Å²) < 4.78 is 31.3. The zero-order valence-corrected chi connectivity index (χ0v) is 22.3. The summed E-state index contributed by atoms with van der Waals surface area (Å²) in [6.45, 7) is 4.14. The van der Waals surface area contributed by atoms with Crippen molar-refractivity contribution >= 4 is 22.1 Å². The first kappa shape index (κ1) is 34.7. The Labute approximate surface area is 210 Å². The van der Waals surface area contributed by atoms with Crippen LogP contribution in [0.5, 0.6) is 0 Å². The predicted molar refractivity (Wildman–Crippen MR) is 109 cm³/mol. The first-order valence-electron chi connectivity index (χ1n) is 10.6. The van der Waals surface area contributed by atoms with Crippen molar-refractivity contribution in [3.63, 3.8) is 0 Å². The molecule has 0 aromatic heterocycles. The summed E-state index contributed by atoms with van der Waals surface area (Å²) in [5.74, 6) is -4.93. The van der Waals surface area contributed by atoms with Gasteiger partial charge in [0, 0.05) is 0 Å². The minimum absolute atomic E-state index is 0. The summed E-state index contributed by atoms with van der Waals surface area (Å²) in [5, 5.41) is 19.3. The zero-order valence-electron chi connectivity index (χ0n) is 18.7. The summed E-state index contributed by atoms with van der Waals surface area (Å²) in [4.78, 5) is 23.8. The summed E-state index contributed by atoms with van der Waals surface area (Å²) in [7, 11) is -5.10. The molecule has 0 heterocycles. The molecule has 174 valence electrons. The van der Waals surface area contributed by atoms with Crippen LogP contribution in [-0.4, -0.2) is 39.9 Å². The van der Waals surface area contributed by atoms with Crippen LogP contribution >= 0.6 is 0 Å². The van der Waals surface area contributed by atoms with Gasteiger partial charge in [0.2, 0.25) is 4.75 Å². The molecular weight excluding hydrogens is 443 g/mol. The van der Waals surface area contributed by atoms with E-state index in [1.807, 2.05) is 0 Å². The molecule has 0 aliphatic heterocycles. The SMILES string of the molecule is CCCCCCCCC(C(=O)O)C(CCCCCCCC)(C(=O)O)S(=O)(=O)O.[Cl-].[Na+]. The fraction of sp³-hybridized carbons (Fsp3) is 0.900. The molecule has 0 saturated carbocycles. The first-order chi connectivity index (χ1) is 13.1. The smallest absolute Gasteiger partial charge is 1.00 e. The van der Waals surface area contributed by atoms with E-state index in [-0.39, 0.29) is 61.2 Å². The van der Waals surface area contributed by atoms with Crippen molar-refractivity contribution in [3.8, 4) is 0 Å². The van der Waals surface area contributed by atoms with Gasteiger partial charge in [-0.25, -0.2) is 0 Å². The van der Waals surface area contributed by atoms with E-state index >= 15 is 0 Å². The number of aliphatic carboxylic acids is 2. The molecule has 2 unspecified atom stereocenters. The van der Waals surface area contributed by atoms with Gasteiger partial charge in [0.15, 0.2) is 0 Å². The molecule has 0 amide bonds.